The molecule has 1 saturated heterocycles. The summed E-state index contributed by atoms with van der Waals surface area (Å²) in [5, 5.41) is 9.55. The van der Waals surface area contributed by atoms with Gasteiger partial charge in [0, 0.05) is 28.4 Å². The van der Waals surface area contributed by atoms with Crippen LogP contribution in [0.1, 0.15) is 49.0 Å². The molecule has 2 aliphatic rings. The Hall–Kier alpha value is -3.07. The lowest BCUT2D eigenvalue weighted by atomic mass is 9.91. The number of carbonyl (C=O) groups excluding carboxylic acids is 4. The Morgan fingerprint density at radius 1 is 1.15 bits per heavy atom. The number of hydrogen-bond acceptors (Lipinski definition) is 5. The zero-order valence-corrected chi connectivity index (χ0v) is 19.7. The fourth-order valence-electron chi connectivity index (χ4n) is 4.37. The fourth-order valence-corrected chi connectivity index (χ4v) is 4.60. The molecule has 0 spiro atoms. The summed E-state index contributed by atoms with van der Waals surface area (Å²) < 4.78 is 4.87. The van der Waals surface area contributed by atoms with E-state index in [2.05, 4.69) is 20.9 Å². The first-order chi connectivity index (χ1) is 16.4. The number of ether oxygens (including phenoxy) is 1. The van der Waals surface area contributed by atoms with Crippen molar-refractivity contribution < 1.29 is 23.9 Å². The topological polar surface area (TPSA) is 129 Å². The third-order valence-electron chi connectivity index (χ3n) is 6.47. The van der Waals surface area contributed by atoms with Gasteiger partial charge in [-0.15, -0.1) is 0 Å². The summed E-state index contributed by atoms with van der Waals surface area (Å²) in [4.78, 5) is 53.7. The van der Waals surface area contributed by atoms with Crippen molar-refractivity contribution in [3.8, 4) is 0 Å². The van der Waals surface area contributed by atoms with Gasteiger partial charge in [0.15, 0.2) is 0 Å². The molecular weight excluding hydrogens is 460 g/mol. The van der Waals surface area contributed by atoms with Crippen LogP contribution < -0.4 is 16.0 Å². The molecule has 0 bridgehead atoms. The van der Waals surface area contributed by atoms with Gasteiger partial charge in [-0.2, -0.15) is 0 Å². The fraction of sp³-hybridized carbons (Fsp3) is 0.500. The Kier molecular flexibility index (Phi) is 7.41. The second-order valence-electron chi connectivity index (χ2n) is 9.04. The lowest BCUT2D eigenvalue weighted by Crippen LogP contribution is -2.53. The van der Waals surface area contributed by atoms with Crippen molar-refractivity contribution in [3.63, 3.8) is 0 Å². The van der Waals surface area contributed by atoms with Gasteiger partial charge in [0.05, 0.1) is 7.11 Å². The summed E-state index contributed by atoms with van der Waals surface area (Å²) in [6, 6.07) is 5.19. The molecule has 9 nitrogen and oxygen atoms in total. The molecule has 1 aliphatic carbocycles. The van der Waals surface area contributed by atoms with Crippen molar-refractivity contribution in [2.45, 2.75) is 50.6 Å². The maximum atomic E-state index is 13.2. The number of piperidine rings is 1. The predicted octanol–water partition coefficient (Wildman–Crippen LogP) is 2.29. The van der Waals surface area contributed by atoms with Gasteiger partial charge in [-0.25, -0.2) is 4.79 Å². The van der Waals surface area contributed by atoms with Crippen LogP contribution in [0.3, 0.4) is 0 Å². The molecular formula is C24H29ClN4O5. The van der Waals surface area contributed by atoms with E-state index < -0.39 is 29.9 Å². The van der Waals surface area contributed by atoms with Crippen molar-refractivity contribution in [3.05, 3.63) is 35.0 Å². The number of halogens is 1. The lowest BCUT2D eigenvalue weighted by molar-refractivity contribution is -0.146. The third kappa shape index (κ3) is 5.70. The Morgan fingerprint density at radius 3 is 2.62 bits per heavy atom. The molecule has 2 heterocycles. The molecule has 1 saturated carbocycles. The van der Waals surface area contributed by atoms with E-state index in [1.807, 2.05) is 6.07 Å². The number of aromatic amines is 1. The average Bonchev–Trinajstić information content (AvgIpc) is 3.53. The number of aromatic nitrogens is 1. The smallest absolute Gasteiger partial charge is 0.328 e. The standard InChI is InChI=1S/C24H29ClN4O5/c1-34-24(33)20(11-14-4-3-9-26-21(14)30)29-22(31)18(10-13-7-8-13)28-23(32)19-12-15-16(25)5-2-6-17(15)27-19/h2,5-6,12-14,18,20,27H,3-4,7-11H2,1H3,(H,26,30)(H,28,32)(H,29,31)/t14-,18?,20?/m0/s1. The van der Waals surface area contributed by atoms with Crippen LogP contribution in [-0.4, -0.2) is 54.4 Å². The number of benzene rings is 1. The van der Waals surface area contributed by atoms with E-state index >= 15 is 0 Å². The second kappa shape index (κ2) is 10.5. The molecule has 3 atom stereocenters. The number of hydrogen-bond donors (Lipinski definition) is 4. The number of fused-ring (bicyclic) bond motifs is 1. The molecule has 4 rings (SSSR count). The van der Waals surface area contributed by atoms with E-state index in [1.165, 1.54) is 7.11 Å². The summed E-state index contributed by atoms with van der Waals surface area (Å²) in [5.41, 5.74) is 1.01. The molecule has 1 aromatic heterocycles. The number of methoxy groups -OCH3 is 1. The first-order valence-corrected chi connectivity index (χ1v) is 12.0. The molecule has 2 aromatic rings. The van der Waals surface area contributed by atoms with Gasteiger partial charge in [-0.1, -0.05) is 30.5 Å². The summed E-state index contributed by atoms with van der Waals surface area (Å²) in [6.45, 7) is 0.610. The van der Waals surface area contributed by atoms with Crippen molar-refractivity contribution in [2.75, 3.05) is 13.7 Å². The summed E-state index contributed by atoms with van der Waals surface area (Å²) >= 11 is 6.21. The van der Waals surface area contributed by atoms with Crippen molar-refractivity contribution >= 4 is 46.2 Å². The number of carbonyl (C=O) groups is 4. The lowest BCUT2D eigenvalue weighted by Gasteiger charge is -2.27. The van der Waals surface area contributed by atoms with Gasteiger partial charge in [0.1, 0.15) is 17.8 Å². The van der Waals surface area contributed by atoms with Crippen molar-refractivity contribution in [1.29, 1.82) is 0 Å². The number of nitrogens with one attached hydrogen (secondary N) is 4. The maximum absolute atomic E-state index is 13.2. The number of esters is 1. The van der Waals surface area contributed by atoms with Gasteiger partial charge in [0.2, 0.25) is 11.8 Å². The highest BCUT2D eigenvalue weighted by Gasteiger charge is 2.35. The van der Waals surface area contributed by atoms with Crippen LogP contribution in [0, 0.1) is 11.8 Å². The van der Waals surface area contributed by atoms with E-state index in [0.717, 1.165) is 24.8 Å². The maximum Gasteiger partial charge on any atom is 0.328 e. The molecule has 2 fully saturated rings. The first kappa shape index (κ1) is 24.1. The van der Waals surface area contributed by atoms with Gasteiger partial charge in [-0.05, 0) is 49.8 Å². The average molecular weight is 489 g/mol. The van der Waals surface area contributed by atoms with Crippen LogP contribution in [-0.2, 0) is 19.1 Å². The highest BCUT2D eigenvalue weighted by Crippen LogP contribution is 2.34. The Balaban J connectivity index is 1.46. The number of amides is 3. The molecule has 2 unspecified atom stereocenters. The van der Waals surface area contributed by atoms with Crippen LogP contribution in [0.4, 0.5) is 0 Å². The largest absolute Gasteiger partial charge is 0.467 e. The van der Waals surface area contributed by atoms with E-state index in [4.69, 9.17) is 16.3 Å². The highest BCUT2D eigenvalue weighted by atomic mass is 35.5. The number of H-pyrrole nitrogens is 1. The molecule has 0 radical (unpaired) electrons. The first-order valence-electron chi connectivity index (χ1n) is 11.6. The molecule has 34 heavy (non-hydrogen) atoms. The number of rotatable bonds is 9. The van der Waals surface area contributed by atoms with E-state index in [-0.39, 0.29) is 18.2 Å². The van der Waals surface area contributed by atoms with Crippen molar-refractivity contribution in [1.82, 2.24) is 20.9 Å². The molecule has 1 aliphatic heterocycles. The molecule has 4 N–H and O–H groups in total. The van der Waals surface area contributed by atoms with Gasteiger partial charge in [0.25, 0.3) is 5.91 Å². The highest BCUT2D eigenvalue weighted by molar-refractivity contribution is 6.35. The summed E-state index contributed by atoms with van der Waals surface area (Å²) in [7, 11) is 1.24. The quantitative estimate of drug-likeness (QED) is 0.402. The Labute approximate surface area is 202 Å². The minimum atomic E-state index is -0.975. The van der Waals surface area contributed by atoms with Crippen LogP contribution in [0.5, 0.6) is 0 Å². The van der Waals surface area contributed by atoms with Crippen LogP contribution >= 0.6 is 11.6 Å². The van der Waals surface area contributed by atoms with Crippen LogP contribution in [0.25, 0.3) is 10.9 Å². The summed E-state index contributed by atoms with van der Waals surface area (Å²) in [5.74, 6) is -1.70. The van der Waals surface area contributed by atoms with Crippen LogP contribution in [0.15, 0.2) is 24.3 Å². The van der Waals surface area contributed by atoms with Gasteiger partial charge < -0.3 is 25.7 Å². The van der Waals surface area contributed by atoms with Crippen molar-refractivity contribution in [2.24, 2.45) is 11.8 Å². The van der Waals surface area contributed by atoms with Gasteiger partial charge in [-0.3, -0.25) is 14.4 Å². The second-order valence-corrected chi connectivity index (χ2v) is 9.45. The molecule has 182 valence electrons. The predicted molar refractivity (Wildman–Crippen MR) is 126 cm³/mol. The normalized spacial score (nSPS) is 19.7. The zero-order chi connectivity index (χ0) is 24.2. The van der Waals surface area contributed by atoms with E-state index in [0.29, 0.717) is 41.4 Å². The monoisotopic (exact) mass is 488 g/mol. The summed E-state index contributed by atoms with van der Waals surface area (Å²) in [6.07, 6.45) is 4.05. The van der Waals surface area contributed by atoms with Gasteiger partial charge >= 0.3 is 5.97 Å². The molecule has 3 amide bonds. The SMILES string of the molecule is COC(=O)C(C[C@@H]1CCCNC1=O)NC(=O)C(CC1CC1)NC(=O)c1cc2c(Cl)cccc2[nH]1. The minimum absolute atomic E-state index is 0.130. The molecule has 10 heteroatoms. The van der Waals surface area contributed by atoms with Crippen LogP contribution in [0.2, 0.25) is 5.02 Å². The van der Waals surface area contributed by atoms with E-state index in [1.54, 1.807) is 18.2 Å². The Morgan fingerprint density at radius 2 is 1.94 bits per heavy atom. The molecule has 1 aromatic carbocycles. The van der Waals surface area contributed by atoms with E-state index in [9.17, 15) is 19.2 Å². The third-order valence-corrected chi connectivity index (χ3v) is 6.79. The Bertz CT molecular complexity index is 1100. The zero-order valence-electron chi connectivity index (χ0n) is 19.0. The minimum Gasteiger partial charge on any atom is -0.467 e.